The lowest BCUT2D eigenvalue weighted by Gasteiger charge is -2.32. The van der Waals surface area contributed by atoms with Crippen LogP contribution >= 0.6 is 0 Å². The van der Waals surface area contributed by atoms with Gasteiger partial charge in [-0.1, -0.05) is 26.7 Å². The van der Waals surface area contributed by atoms with E-state index >= 15 is 0 Å². The van der Waals surface area contributed by atoms with Gasteiger partial charge in [0, 0.05) is 0 Å². The largest absolute Gasteiger partial charge is 0.481 e. The van der Waals surface area contributed by atoms with Gasteiger partial charge in [-0.2, -0.15) is 0 Å². The zero-order valence-electron chi connectivity index (χ0n) is 13.1. The molecule has 0 saturated heterocycles. The average molecular weight is 284 g/mol. The van der Waals surface area contributed by atoms with Crippen LogP contribution in [0.15, 0.2) is 0 Å². The summed E-state index contributed by atoms with van der Waals surface area (Å²) in [6.07, 6.45) is 4.82. The molecule has 0 aromatic heterocycles. The molecule has 1 aliphatic carbocycles. The van der Waals surface area contributed by atoms with Gasteiger partial charge in [-0.3, -0.25) is 9.59 Å². The number of carbonyl (C=O) groups is 2. The van der Waals surface area contributed by atoms with Gasteiger partial charge in [0.1, 0.15) is 5.60 Å². The van der Waals surface area contributed by atoms with Crippen molar-refractivity contribution in [2.45, 2.75) is 71.8 Å². The van der Waals surface area contributed by atoms with E-state index in [1.165, 1.54) is 0 Å². The summed E-state index contributed by atoms with van der Waals surface area (Å²) in [6, 6.07) is 0. The predicted molar refractivity (Wildman–Crippen MR) is 77.3 cm³/mol. The SMILES string of the molecule is CC(C)CCC(C)(C)OC(=O)C1CCCCC1C(=O)O. The van der Waals surface area contributed by atoms with Crippen molar-refractivity contribution in [3.63, 3.8) is 0 Å². The number of carbonyl (C=O) groups excluding carboxylic acids is 1. The number of hydrogen-bond acceptors (Lipinski definition) is 3. The molecule has 0 heterocycles. The van der Waals surface area contributed by atoms with E-state index in [1.54, 1.807) is 0 Å². The maximum absolute atomic E-state index is 12.3. The molecule has 1 fully saturated rings. The van der Waals surface area contributed by atoms with Gasteiger partial charge in [-0.15, -0.1) is 0 Å². The Balaban J connectivity index is 2.61. The predicted octanol–water partition coefficient (Wildman–Crippen LogP) is 3.64. The molecule has 2 atom stereocenters. The van der Waals surface area contributed by atoms with Crippen LogP contribution in [-0.4, -0.2) is 22.6 Å². The zero-order valence-corrected chi connectivity index (χ0v) is 13.1. The van der Waals surface area contributed by atoms with Gasteiger partial charge in [-0.05, 0) is 45.4 Å². The first-order valence-corrected chi connectivity index (χ1v) is 7.68. The van der Waals surface area contributed by atoms with Crippen LogP contribution < -0.4 is 0 Å². The Bertz CT molecular complexity index is 346. The summed E-state index contributed by atoms with van der Waals surface area (Å²) in [6.45, 7) is 8.09. The van der Waals surface area contributed by atoms with E-state index in [0.29, 0.717) is 18.8 Å². The summed E-state index contributed by atoms with van der Waals surface area (Å²) < 4.78 is 5.61. The highest BCUT2D eigenvalue weighted by atomic mass is 16.6. The first-order valence-electron chi connectivity index (χ1n) is 7.68. The van der Waals surface area contributed by atoms with Crippen LogP contribution in [0.5, 0.6) is 0 Å². The smallest absolute Gasteiger partial charge is 0.310 e. The van der Waals surface area contributed by atoms with E-state index in [0.717, 1.165) is 25.7 Å². The van der Waals surface area contributed by atoms with Crippen LogP contribution in [0.2, 0.25) is 0 Å². The Morgan fingerprint density at radius 2 is 1.75 bits per heavy atom. The molecule has 20 heavy (non-hydrogen) atoms. The quantitative estimate of drug-likeness (QED) is 0.756. The van der Waals surface area contributed by atoms with Gasteiger partial charge in [-0.25, -0.2) is 0 Å². The normalized spacial score (nSPS) is 23.6. The summed E-state index contributed by atoms with van der Waals surface area (Å²) in [5, 5.41) is 9.22. The summed E-state index contributed by atoms with van der Waals surface area (Å²) in [5.41, 5.74) is -0.512. The summed E-state index contributed by atoms with van der Waals surface area (Å²) in [4.78, 5) is 23.5. The zero-order chi connectivity index (χ0) is 15.3. The minimum Gasteiger partial charge on any atom is -0.481 e. The summed E-state index contributed by atoms with van der Waals surface area (Å²) in [7, 11) is 0. The third-order valence-electron chi connectivity index (χ3n) is 4.09. The number of carboxylic acids is 1. The Morgan fingerprint density at radius 3 is 2.25 bits per heavy atom. The number of rotatable bonds is 6. The molecule has 0 bridgehead atoms. The number of carboxylic acid groups (broad SMARTS) is 1. The van der Waals surface area contributed by atoms with E-state index in [4.69, 9.17) is 4.74 Å². The molecule has 0 radical (unpaired) electrons. The lowest BCUT2D eigenvalue weighted by Crippen LogP contribution is -2.38. The third kappa shape index (κ3) is 5.14. The maximum Gasteiger partial charge on any atom is 0.310 e. The molecule has 1 saturated carbocycles. The topological polar surface area (TPSA) is 63.6 Å². The van der Waals surface area contributed by atoms with Crippen molar-refractivity contribution < 1.29 is 19.4 Å². The summed E-state index contributed by atoms with van der Waals surface area (Å²) in [5.74, 6) is -1.68. The van der Waals surface area contributed by atoms with Crippen LogP contribution in [0.4, 0.5) is 0 Å². The molecular weight excluding hydrogens is 256 g/mol. The molecule has 4 nitrogen and oxygen atoms in total. The van der Waals surface area contributed by atoms with Gasteiger partial charge in [0.15, 0.2) is 0 Å². The molecule has 4 heteroatoms. The number of hydrogen-bond donors (Lipinski definition) is 1. The van der Waals surface area contributed by atoms with E-state index in [2.05, 4.69) is 13.8 Å². The van der Waals surface area contributed by atoms with Crippen molar-refractivity contribution in [3.8, 4) is 0 Å². The van der Waals surface area contributed by atoms with Crippen molar-refractivity contribution >= 4 is 11.9 Å². The maximum atomic E-state index is 12.3. The molecule has 0 aliphatic heterocycles. The fourth-order valence-corrected chi connectivity index (χ4v) is 2.74. The van der Waals surface area contributed by atoms with Crippen LogP contribution in [-0.2, 0) is 14.3 Å². The van der Waals surface area contributed by atoms with E-state index in [9.17, 15) is 14.7 Å². The van der Waals surface area contributed by atoms with Crippen molar-refractivity contribution in [1.29, 1.82) is 0 Å². The Hall–Kier alpha value is -1.06. The number of aliphatic carboxylic acids is 1. The van der Waals surface area contributed by atoms with Gasteiger partial charge in [0.25, 0.3) is 0 Å². The van der Waals surface area contributed by atoms with E-state index < -0.39 is 23.4 Å². The molecule has 1 N–H and O–H groups in total. The molecule has 116 valence electrons. The second-order valence-corrected chi connectivity index (χ2v) is 6.95. The molecule has 1 aliphatic rings. The molecule has 0 aromatic carbocycles. The summed E-state index contributed by atoms with van der Waals surface area (Å²) >= 11 is 0. The monoisotopic (exact) mass is 284 g/mol. The molecule has 1 rings (SSSR count). The van der Waals surface area contributed by atoms with Gasteiger partial charge >= 0.3 is 11.9 Å². The first-order chi connectivity index (χ1) is 9.23. The fourth-order valence-electron chi connectivity index (χ4n) is 2.74. The highest BCUT2D eigenvalue weighted by molar-refractivity contribution is 5.81. The minimum atomic E-state index is -0.869. The highest BCUT2D eigenvalue weighted by Crippen LogP contribution is 2.33. The second-order valence-electron chi connectivity index (χ2n) is 6.95. The third-order valence-corrected chi connectivity index (χ3v) is 4.09. The lowest BCUT2D eigenvalue weighted by molar-refractivity contribution is -0.170. The molecular formula is C16H28O4. The molecule has 2 unspecified atom stereocenters. The van der Waals surface area contributed by atoms with E-state index in [-0.39, 0.29) is 5.97 Å². The van der Waals surface area contributed by atoms with Crippen LogP contribution in [0.1, 0.15) is 66.2 Å². The Labute approximate surface area is 121 Å². The highest BCUT2D eigenvalue weighted by Gasteiger charge is 2.38. The minimum absolute atomic E-state index is 0.328. The van der Waals surface area contributed by atoms with Crippen LogP contribution in [0.25, 0.3) is 0 Å². The number of esters is 1. The van der Waals surface area contributed by atoms with Crippen LogP contribution in [0.3, 0.4) is 0 Å². The Kier molecular flexibility index (Phi) is 6.03. The Morgan fingerprint density at radius 1 is 1.20 bits per heavy atom. The van der Waals surface area contributed by atoms with Gasteiger partial charge in [0.2, 0.25) is 0 Å². The average Bonchev–Trinajstić information content (AvgIpc) is 2.36. The first kappa shape index (κ1) is 17.0. The number of ether oxygens (including phenoxy) is 1. The van der Waals surface area contributed by atoms with Crippen molar-refractivity contribution in [1.82, 2.24) is 0 Å². The second kappa shape index (κ2) is 7.09. The fraction of sp³-hybridized carbons (Fsp3) is 0.875. The van der Waals surface area contributed by atoms with Gasteiger partial charge in [0.05, 0.1) is 11.8 Å². The van der Waals surface area contributed by atoms with Crippen molar-refractivity contribution in [2.75, 3.05) is 0 Å². The van der Waals surface area contributed by atoms with Gasteiger partial charge < -0.3 is 9.84 Å². The van der Waals surface area contributed by atoms with Crippen LogP contribution in [0, 0.1) is 17.8 Å². The van der Waals surface area contributed by atoms with Crippen molar-refractivity contribution in [2.24, 2.45) is 17.8 Å². The lowest BCUT2D eigenvalue weighted by atomic mass is 9.79. The molecule has 0 aromatic rings. The molecule has 0 spiro atoms. The van der Waals surface area contributed by atoms with E-state index in [1.807, 2.05) is 13.8 Å². The standard InChI is InChI=1S/C16H28O4/c1-11(2)9-10-16(3,4)20-15(19)13-8-6-5-7-12(13)14(17)18/h11-13H,5-10H2,1-4H3,(H,17,18). The van der Waals surface area contributed by atoms with Crippen molar-refractivity contribution in [3.05, 3.63) is 0 Å². The molecule has 0 amide bonds.